The van der Waals surface area contributed by atoms with Crippen molar-refractivity contribution < 1.29 is 182 Å². The molecule has 1 saturated carbocycles. The smallest absolute Gasteiger partial charge is 0.373 e. The third-order valence-corrected chi connectivity index (χ3v) is 21.3. The second-order valence-electron chi connectivity index (χ2n) is 33.7. The number of hydrogen-bond acceptors (Lipinski definition) is 46. The Morgan fingerprint density at radius 1 is 0.418 bits per heavy atom. The molecule has 1 aliphatic heterocycles. The molecule has 4 unspecified atom stereocenters. The summed E-state index contributed by atoms with van der Waals surface area (Å²) in [5.74, 6) is -3.37. The summed E-state index contributed by atoms with van der Waals surface area (Å²) in [7, 11) is 8.38. The van der Waals surface area contributed by atoms with Crippen LogP contribution in [0.2, 0.25) is 0 Å². The minimum atomic E-state index is -4.43. The van der Waals surface area contributed by atoms with Crippen molar-refractivity contribution >= 4 is 112 Å². The average Bonchev–Trinajstić information content (AvgIpc) is 0.806. The Labute approximate surface area is 827 Å². The lowest BCUT2D eigenvalue weighted by molar-refractivity contribution is -0.235. The number of carbonyl (C=O) groups excluding carboxylic acids is 20. The molecule has 3 rings (SSSR count). The van der Waals surface area contributed by atoms with Gasteiger partial charge >= 0.3 is 85.2 Å². The molecular formula is C88H157N13O38P2-2. The first-order valence-corrected chi connectivity index (χ1v) is 46.5. The number of carbonyl (C=O) groups is 7. The standard InChI is InChI=1S/C24H42N3O6P.C19H36N4O5.C16H31N3O5.C15H36N3O4P.C4H10.9CO2.CH4/c1-24(20-9-7-6-8-10-20)13-11-22(12-14-24)33-34(30,31)32-19-21(25(2)3)17-26(4)15-16-27(5)18-23(28)29;1-4-20-5-7-22(14-18(25)26)11-9-21(13-17(24)16(2)3)10-12-23(8-6-20)15-19(27)28;1-5-18(12-16(23)24)8-9-19(10-14(20)13(2)3)7-6-17(4)11-15(21)22;1-9-17(7)10-11-18(8)12-14(16(5)6)13-21-23(19,20)22-15(2,3)4;1-4(2)3;9*2-1-3;/h6-10,21-22H,11-19H2,1-5H3,(H,28,29)(H,30,31);16H,4-15H2,1-3H3,(H,25,26)(H,27,28);13H,5-12H2,1-4H3,(H,21,22)(H,23,24);14H,9-13H2,1-8H3,(H,19,20);4H,1-3H3;;;;;;;;;;1H4/p-2. The summed E-state index contributed by atoms with van der Waals surface area (Å²) >= 11 is 0. The molecule has 814 valence electrons. The fraction of sp³-hybridized carbons (Fsp3) is 0.750. The van der Waals surface area contributed by atoms with Crippen molar-refractivity contribution in [1.82, 2.24) is 63.7 Å². The van der Waals surface area contributed by atoms with Crippen molar-refractivity contribution in [1.29, 1.82) is 0 Å². The highest BCUT2D eigenvalue weighted by atomic mass is 31.2. The zero-order valence-corrected chi connectivity index (χ0v) is 87.1. The molecule has 0 spiro atoms. The normalized spacial score (nSPS) is 15.2. The first-order valence-electron chi connectivity index (χ1n) is 43.6. The van der Waals surface area contributed by atoms with Gasteiger partial charge in [0.2, 0.25) is 0 Å². The molecule has 1 aromatic rings. The van der Waals surface area contributed by atoms with Crippen molar-refractivity contribution in [2.24, 2.45) is 17.8 Å². The Morgan fingerprint density at radius 2 is 0.709 bits per heavy atom. The first kappa shape index (κ1) is 156. The number of rotatable bonds is 47. The molecule has 0 radical (unpaired) electrons. The molecule has 141 heavy (non-hydrogen) atoms. The maximum absolute atomic E-state index is 12.5. The topological polar surface area (TPSA) is 687 Å². The number of aliphatic carboxylic acids is 5. The Kier molecular flexibility index (Phi) is 111. The lowest BCUT2D eigenvalue weighted by Crippen LogP contribution is -2.48. The van der Waals surface area contributed by atoms with E-state index in [4.69, 9.17) is 120 Å². The molecule has 5 N–H and O–H groups in total. The van der Waals surface area contributed by atoms with Gasteiger partial charge in [0.05, 0.1) is 70.7 Å². The zero-order chi connectivity index (χ0) is 111. The summed E-state index contributed by atoms with van der Waals surface area (Å²) in [6.07, 6.45) is 4.96. The highest BCUT2D eigenvalue weighted by molar-refractivity contribution is 7.46. The van der Waals surface area contributed by atoms with Crippen LogP contribution in [0.3, 0.4) is 0 Å². The van der Waals surface area contributed by atoms with E-state index in [-0.39, 0.29) is 156 Å². The second-order valence-corrected chi connectivity index (χ2v) is 36.4. The van der Waals surface area contributed by atoms with Crippen LogP contribution in [-0.2, 0) is 153 Å². The van der Waals surface area contributed by atoms with Crippen molar-refractivity contribution in [2.45, 2.75) is 159 Å². The maximum atomic E-state index is 12.5. The zero-order valence-electron chi connectivity index (χ0n) is 85.3. The van der Waals surface area contributed by atoms with Gasteiger partial charge in [0.25, 0.3) is 15.6 Å². The molecule has 2 fully saturated rings. The van der Waals surface area contributed by atoms with Gasteiger partial charge in [-0.15, -0.1) is 0 Å². The Morgan fingerprint density at radius 3 is 1.00 bits per heavy atom. The van der Waals surface area contributed by atoms with E-state index < -0.39 is 51.1 Å². The van der Waals surface area contributed by atoms with E-state index in [9.17, 15) is 62.7 Å². The number of likely N-dealkylation sites (N-methyl/N-ethyl adjacent to an activating group) is 9. The van der Waals surface area contributed by atoms with E-state index in [1.54, 1.807) is 49.6 Å². The molecule has 51 nitrogen and oxygen atoms in total. The van der Waals surface area contributed by atoms with Crippen LogP contribution in [0.25, 0.3) is 0 Å². The second kappa shape index (κ2) is 100. The molecule has 2 aliphatic rings. The molecule has 0 aromatic heterocycles. The van der Waals surface area contributed by atoms with Gasteiger partial charge in [-0.2, -0.15) is 86.3 Å². The first-order chi connectivity index (χ1) is 65.1. The fourth-order valence-corrected chi connectivity index (χ4v) is 13.5. The van der Waals surface area contributed by atoms with E-state index in [0.29, 0.717) is 118 Å². The molecule has 1 heterocycles. The lowest BCUT2D eigenvalue weighted by Gasteiger charge is -2.39. The van der Waals surface area contributed by atoms with Gasteiger partial charge in [0, 0.05) is 142 Å². The van der Waals surface area contributed by atoms with Crippen LogP contribution in [0.5, 0.6) is 0 Å². The molecule has 1 aromatic carbocycles. The number of carboxylic acids is 5. The van der Waals surface area contributed by atoms with E-state index >= 15 is 0 Å². The van der Waals surface area contributed by atoms with Crippen LogP contribution in [0.1, 0.15) is 136 Å². The molecule has 0 bridgehead atoms. The predicted octanol–water partition coefficient (Wildman–Crippen LogP) is -0.0274. The van der Waals surface area contributed by atoms with Crippen LogP contribution in [0, 0.1) is 17.8 Å². The van der Waals surface area contributed by atoms with Crippen molar-refractivity contribution in [2.75, 3.05) is 260 Å². The maximum Gasteiger partial charge on any atom is 0.373 e. The molecule has 0 amide bonds. The van der Waals surface area contributed by atoms with Crippen LogP contribution in [0.4, 0.5) is 0 Å². The fourth-order valence-electron chi connectivity index (χ4n) is 11.4. The Bertz CT molecular complexity index is 3620. The van der Waals surface area contributed by atoms with Crippen LogP contribution in [0.15, 0.2) is 30.3 Å². The number of Topliss-reactive ketones (excluding diaryl/α,β-unsaturated/α-hetero) is 2. The number of hydrogen-bond donors (Lipinski definition) is 5. The van der Waals surface area contributed by atoms with Gasteiger partial charge in [0.1, 0.15) is 11.6 Å². The van der Waals surface area contributed by atoms with E-state index in [0.717, 1.165) is 64.6 Å². The monoisotopic (exact) mass is 2070 g/mol. The summed E-state index contributed by atoms with van der Waals surface area (Å²) in [4.78, 5) is 275. The van der Waals surface area contributed by atoms with Crippen LogP contribution < -0.4 is 9.79 Å². The Hall–Kier alpha value is -9.97. The van der Waals surface area contributed by atoms with Gasteiger partial charge in [0.15, 0.2) is 0 Å². The molecule has 4 atom stereocenters. The van der Waals surface area contributed by atoms with Crippen LogP contribution >= 0.6 is 15.6 Å². The summed E-state index contributed by atoms with van der Waals surface area (Å²) in [5.41, 5.74) is 0.530. The van der Waals surface area contributed by atoms with E-state index in [1.807, 2.05) is 136 Å². The largest absolute Gasteiger partial charge is 0.756 e. The van der Waals surface area contributed by atoms with Gasteiger partial charge in [-0.3, -0.25) is 77.0 Å². The Balaban J connectivity index is -0.000000143. The highest BCUT2D eigenvalue weighted by Crippen LogP contribution is 2.47. The number of phosphoric ester groups is 2. The van der Waals surface area contributed by atoms with Crippen molar-refractivity contribution in [3.8, 4) is 0 Å². The summed E-state index contributed by atoms with van der Waals surface area (Å²) in [6, 6.07) is 10.2. The van der Waals surface area contributed by atoms with E-state index in [2.05, 4.69) is 68.5 Å². The van der Waals surface area contributed by atoms with Gasteiger partial charge in [-0.1, -0.05) is 114 Å². The number of carboxylic acid groups (broad SMARTS) is 5. The van der Waals surface area contributed by atoms with Gasteiger partial charge in [-0.05, 0) is 146 Å². The predicted molar refractivity (Wildman–Crippen MR) is 493 cm³/mol. The molecule has 1 saturated heterocycles. The third kappa shape index (κ3) is 114. The van der Waals surface area contributed by atoms with Gasteiger partial charge < -0.3 is 82.8 Å². The number of benzene rings is 1. The number of ketones is 2. The third-order valence-electron chi connectivity index (χ3n) is 19.1. The van der Waals surface area contributed by atoms with Crippen molar-refractivity contribution in [3.63, 3.8) is 0 Å². The quantitative estimate of drug-likeness (QED) is 0.0535. The summed E-state index contributed by atoms with van der Waals surface area (Å²) < 4.78 is 45.2. The minimum Gasteiger partial charge on any atom is -0.756 e. The van der Waals surface area contributed by atoms with Gasteiger partial charge in [-0.25, -0.2) is 0 Å². The highest BCUT2D eigenvalue weighted by Gasteiger charge is 2.35. The summed E-state index contributed by atoms with van der Waals surface area (Å²) in [6.45, 7) is 42.0. The van der Waals surface area contributed by atoms with Crippen molar-refractivity contribution in [3.05, 3.63) is 35.9 Å². The number of phosphoric acid groups is 2. The molecule has 53 heteroatoms. The minimum absolute atomic E-state index is 0. The average molecular weight is 2070 g/mol. The molecular weight excluding hydrogens is 1910 g/mol. The van der Waals surface area contributed by atoms with Crippen LogP contribution in [-0.4, -0.2) is 470 Å². The lowest BCUT2D eigenvalue weighted by atomic mass is 9.70. The summed E-state index contributed by atoms with van der Waals surface area (Å²) in [5, 5.41) is 44.9. The SMILES string of the molecule is C.CC(C)C.CCN(C)CCN(C)CC(COP(=O)([O-])OC(C)(C)C)N(C)C.CCN(CCN(CCN(C)CC(=O)O)CC(=O)C(C)C)CC(=O)O.CCN1CCN(CC(=O)O)CCN(CC(=O)C(C)C)CCN(CC(=O)O)CC1.CN(CCN(C)CC(COP(=O)([O-])OC1CCC(C)(c2ccccc2)CC1)N(C)C)CC(=O)O.O=C=O.O=C=O.O=C=O.O=C=O.O=C=O.O=C=O.O=C=O.O=C=O.O=C=O. The molecule has 1 aliphatic carbocycles. The number of nitrogens with zero attached hydrogens (tertiary/aromatic N) is 13. The van der Waals surface area contributed by atoms with E-state index in [1.165, 1.54) is 5.56 Å².